The van der Waals surface area contributed by atoms with Crippen LogP contribution in [0.4, 0.5) is 5.69 Å². The molecule has 0 bridgehead atoms. The van der Waals surface area contributed by atoms with Crippen LogP contribution in [0.3, 0.4) is 0 Å². The molecule has 2 aromatic carbocycles. The third-order valence-electron chi connectivity index (χ3n) is 3.50. The van der Waals surface area contributed by atoms with Crippen LogP contribution in [-0.2, 0) is 0 Å². The van der Waals surface area contributed by atoms with Crippen LogP contribution in [0.25, 0.3) is 16.9 Å². The maximum Gasteiger partial charge on any atom is 0.163 e. The van der Waals surface area contributed by atoms with Crippen molar-refractivity contribution in [3.8, 4) is 23.0 Å². The Hall–Kier alpha value is -3.06. The second-order valence-corrected chi connectivity index (χ2v) is 5.22. The van der Waals surface area contributed by atoms with E-state index in [0.29, 0.717) is 5.69 Å². The number of nitrogens with zero attached hydrogens (tertiary/aromatic N) is 4. The first kappa shape index (κ1) is 13.9. The van der Waals surface area contributed by atoms with Crippen LogP contribution in [0, 0.1) is 11.3 Å². The molecule has 0 aliphatic rings. The number of anilines is 1. The van der Waals surface area contributed by atoms with Gasteiger partial charge in [0, 0.05) is 31.4 Å². The van der Waals surface area contributed by atoms with E-state index in [4.69, 9.17) is 5.26 Å². The van der Waals surface area contributed by atoms with E-state index in [1.54, 1.807) is 0 Å². The normalized spacial score (nSPS) is 10.2. The molecule has 0 amide bonds. The van der Waals surface area contributed by atoms with Gasteiger partial charge in [-0.3, -0.25) is 0 Å². The van der Waals surface area contributed by atoms with E-state index in [1.807, 2.05) is 67.3 Å². The molecule has 0 atom stereocenters. The highest BCUT2D eigenvalue weighted by atomic mass is 15.3. The Labute approximate surface area is 129 Å². The molecule has 1 heterocycles. The van der Waals surface area contributed by atoms with E-state index in [9.17, 15) is 0 Å². The summed E-state index contributed by atoms with van der Waals surface area (Å²) < 4.78 is 1.81. The van der Waals surface area contributed by atoms with E-state index in [2.05, 4.69) is 28.2 Å². The number of para-hydroxylation sites is 1. The number of aromatic nitrogens is 2. The quantitative estimate of drug-likeness (QED) is 0.741. The van der Waals surface area contributed by atoms with Crippen LogP contribution in [0.5, 0.6) is 0 Å². The second kappa shape index (κ2) is 5.74. The first-order chi connectivity index (χ1) is 10.7. The molecular formula is C18H16N4. The molecule has 0 saturated heterocycles. The molecule has 0 radical (unpaired) electrons. The van der Waals surface area contributed by atoms with E-state index >= 15 is 0 Å². The molecule has 0 N–H and O–H groups in total. The van der Waals surface area contributed by atoms with Crippen molar-refractivity contribution in [2.24, 2.45) is 0 Å². The molecular weight excluding hydrogens is 272 g/mol. The maximum absolute atomic E-state index is 9.15. The maximum atomic E-state index is 9.15. The number of nitriles is 1. The zero-order valence-corrected chi connectivity index (χ0v) is 12.6. The largest absolute Gasteiger partial charge is 0.378 e. The van der Waals surface area contributed by atoms with Crippen molar-refractivity contribution in [2.45, 2.75) is 0 Å². The highest BCUT2D eigenvalue weighted by Gasteiger charge is 2.11. The fraction of sp³-hybridized carbons (Fsp3) is 0.111. The lowest BCUT2D eigenvalue weighted by Crippen LogP contribution is -2.08. The Bertz CT molecular complexity index is 809. The van der Waals surface area contributed by atoms with Crippen molar-refractivity contribution in [2.75, 3.05) is 19.0 Å². The molecule has 0 unspecified atom stereocenters. The lowest BCUT2D eigenvalue weighted by atomic mass is 10.1. The van der Waals surface area contributed by atoms with Gasteiger partial charge in [-0.1, -0.05) is 30.3 Å². The summed E-state index contributed by atoms with van der Waals surface area (Å²) in [7, 11) is 4.02. The third kappa shape index (κ3) is 2.57. The minimum Gasteiger partial charge on any atom is -0.378 e. The Balaban J connectivity index is 2.10. The van der Waals surface area contributed by atoms with Gasteiger partial charge in [0.2, 0.25) is 0 Å². The summed E-state index contributed by atoms with van der Waals surface area (Å²) in [5, 5.41) is 13.5. The Morgan fingerprint density at radius 2 is 1.68 bits per heavy atom. The minimum atomic E-state index is 0.413. The fourth-order valence-electron chi connectivity index (χ4n) is 2.34. The van der Waals surface area contributed by atoms with Crippen LogP contribution >= 0.6 is 0 Å². The molecule has 0 spiro atoms. The third-order valence-corrected chi connectivity index (χ3v) is 3.50. The number of hydrogen-bond donors (Lipinski definition) is 0. The zero-order chi connectivity index (χ0) is 15.5. The molecule has 108 valence electrons. The summed E-state index contributed by atoms with van der Waals surface area (Å²) in [6.07, 6.45) is 0. The van der Waals surface area contributed by atoms with Crippen LogP contribution in [0.2, 0.25) is 0 Å². The number of hydrogen-bond acceptors (Lipinski definition) is 3. The molecule has 0 fully saturated rings. The Morgan fingerprint density at radius 1 is 1.00 bits per heavy atom. The van der Waals surface area contributed by atoms with Crippen LogP contribution in [-0.4, -0.2) is 23.9 Å². The predicted octanol–water partition coefficient (Wildman–Crippen LogP) is 3.48. The summed E-state index contributed by atoms with van der Waals surface area (Å²) in [4.78, 5) is 2.05. The summed E-state index contributed by atoms with van der Waals surface area (Å²) >= 11 is 0. The molecule has 4 heteroatoms. The molecule has 4 nitrogen and oxygen atoms in total. The highest BCUT2D eigenvalue weighted by Crippen LogP contribution is 2.25. The summed E-state index contributed by atoms with van der Waals surface area (Å²) in [6.45, 7) is 0. The van der Waals surface area contributed by atoms with Crippen LogP contribution in [0.15, 0.2) is 60.7 Å². The van der Waals surface area contributed by atoms with Crippen molar-refractivity contribution in [1.29, 1.82) is 5.26 Å². The average Bonchev–Trinajstić information content (AvgIpc) is 3.00. The van der Waals surface area contributed by atoms with Crippen molar-refractivity contribution in [3.05, 3.63) is 66.4 Å². The molecule has 3 aromatic rings. The summed E-state index contributed by atoms with van der Waals surface area (Å²) in [5.41, 5.74) is 4.43. The smallest absolute Gasteiger partial charge is 0.163 e. The lowest BCUT2D eigenvalue weighted by molar-refractivity contribution is 0.880. The van der Waals surface area contributed by atoms with Gasteiger partial charge in [-0.05, 0) is 24.3 Å². The van der Waals surface area contributed by atoms with Gasteiger partial charge in [0.25, 0.3) is 0 Å². The second-order valence-electron chi connectivity index (χ2n) is 5.22. The molecule has 0 aliphatic carbocycles. The van der Waals surface area contributed by atoms with Gasteiger partial charge in [0.05, 0.1) is 11.4 Å². The first-order valence-electron chi connectivity index (χ1n) is 7.02. The van der Waals surface area contributed by atoms with Crippen LogP contribution < -0.4 is 4.90 Å². The van der Waals surface area contributed by atoms with Crippen LogP contribution in [0.1, 0.15) is 5.69 Å². The molecule has 0 saturated carbocycles. The standard InChI is InChI=1S/C18H16N4/c1-21(2)16-10-8-14(9-11-16)18-12-15(13-19)20-22(18)17-6-4-3-5-7-17/h3-12H,1-2H3. The van der Waals surface area contributed by atoms with Gasteiger partial charge >= 0.3 is 0 Å². The lowest BCUT2D eigenvalue weighted by Gasteiger charge is -2.13. The van der Waals surface area contributed by atoms with Crippen molar-refractivity contribution < 1.29 is 0 Å². The molecule has 1 aromatic heterocycles. The highest BCUT2D eigenvalue weighted by molar-refractivity contribution is 5.66. The van der Waals surface area contributed by atoms with Crippen molar-refractivity contribution in [1.82, 2.24) is 9.78 Å². The molecule has 22 heavy (non-hydrogen) atoms. The van der Waals surface area contributed by atoms with E-state index in [1.165, 1.54) is 0 Å². The van der Waals surface area contributed by atoms with Crippen molar-refractivity contribution >= 4 is 5.69 Å². The van der Waals surface area contributed by atoms with E-state index in [-0.39, 0.29) is 0 Å². The van der Waals surface area contributed by atoms with Gasteiger partial charge in [-0.15, -0.1) is 0 Å². The summed E-state index contributed by atoms with van der Waals surface area (Å²) in [5.74, 6) is 0. The predicted molar refractivity (Wildman–Crippen MR) is 88.0 cm³/mol. The molecule has 0 aliphatic heterocycles. The average molecular weight is 288 g/mol. The first-order valence-corrected chi connectivity index (χ1v) is 7.02. The van der Waals surface area contributed by atoms with Gasteiger partial charge < -0.3 is 4.90 Å². The zero-order valence-electron chi connectivity index (χ0n) is 12.6. The Morgan fingerprint density at radius 3 is 2.27 bits per heavy atom. The van der Waals surface area contributed by atoms with E-state index in [0.717, 1.165) is 22.6 Å². The molecule has 3 rings (SSSR count). The Kier molecular flexibility index (Phi) is 3.63. The van der Waals surface area contributed by atoms with Gasteiger partial charge in [0.15, 0.2) is 5.69 Å². The van der Waals surface area contributed by atoms with Gasteiger partial charge in [0.1, 0.15) is 6.07 Å². The fourth-order valence-corrected chi connectivity index (χ4v) is 2.34. The monoisotopic (exact) mass is 288 g/mol. The topological polar surface area (TPSA) is 44.9 Å². The van der Waals surface area contributed by atoms with Crippen molar-refractivity contribution in [3.63, 3.8) is 0 Å². The summed E-state index contributed by atoms with van der Waals surface area (Å²) in [6, 6.07) is 22.0. The van der Waals surface area contributed by atoms with Gasteiger partial charge in [-0.25, -0.2) is 4.68 Å². The van der Waals surface area contributed by atoms with E-state index < -0.39 is 0 Å². The number of rotatable bonds is 3. The van der Waals surface area contributed by atoms with Gasteiger partial charge in [-0.2, -0.15) is 10.4 Å². The SMILES string of the molecule is CN(C)c1ccc(-c2cc(C#N)nn2-c2ccccc2)cc1. The minimum absolute atomic E-state index is 0.413. The number of benzene rings is 2.